The Bertz CT molecular complexity index is 1410. The predicted molar refractivity (Wildman–Crippen MR) is 128 cm³/mol. The normalized spacial score (nSPS) is 10.8. The molecule has 0 bridgehead atoms. The molecule has 2 heterocycles. The molecule has 4 rings (SSSR count). The molecule has 0 aliphatic rings. The van der Waals surface area contributed by atoms with Crippen molar-refractivity contribution in [1.82, 2.24) is 9.55 Å². The molecule has 0 saturated heterocycles. The van der Waals surface area contributed by atoms with Gasteiger partial charge in [0, 0.05) is 39.7 Å². The Balaban J connectivity index is 1.76. The van der Waals surface area contributed by atoms with Gasteiger partial charge in [0.15, 0.2) is 5.78 Å². The Morgan fingerprint density at radius 1 is 1.03 bits per heavy atom. The number of rotatable bonds is 5. The number of ketones is 1. The molecule has 7 heteroatoms. The smallest absolute Gasteiger partial charge is 0.244 e. The summed E-state index contributed by atoms with van der Waals surface area (Å²) in [6.07, 6.45) is 4.46. The zero-order valence-electron chi connectivity index (χ0n) is 17.6. The number of nitrogens with one attached hydrogen (secondary N) is 1. The molecule has 0 fully saturated rings. The summed E-state index contributed by atoms with van der Waals surface area (Å²) >= 11 is 3.39. The summed E-state index contributed by atoms with van der Waals surface area (Å²) in [5, 5.41) is 3.28. The molecule has 1 N–H and O–H groups in total. The Morgan fingerprint density at radius 2 is 1.78 bits per heavy atom. The van der Waals surface area contributed by atoms with E-state index in [1.165, 1.54) is 18.6 Å². The standard InChI is InChI=1S/C25H20BrN3O3/c1-15-3-5-21(16(2)11-15)28-23(30)14-29-13-20(24(31)17-7-9-27-10-8-17)25(32)19-12-18(26)4-6-22(19)29/h3-13H,14H2,1-2H3,(H,28,30). The van der Waals surface area contributed by atoms with Crippen molar-refractivity contribution in [2.75, 3.05) is 5.32 Å². The number of carbonyl (C=O) groups excluding carboxylic acids is 2. The van der Waals surface area contributed by atoms with Gasteiger partial charge in [0.2, 0.25) is 11.3 Å². The maximum Gasteiger partial charge on any atom is 0.244 e. The van der Waals surface area contributed by atoms with Gasteiger partial charge >= 0.3 is 0 Å². The molecular formula is C25H20BrN3O3. The SMILES string of the molecule is Cc1ccc(NC(=O)Cn2cc(C(=O)c3ccncc3)c(=O)c3cc(Br)ccc32)c(C)c1. The monoisotopic (exact) mass is 489 g/mol. The average Bonchev–Trinajstić information content (AvgIpc) is 2.78. The van der Waals surface area contributed by atoms with Crippen LogP contribution in [0.15, 0.2) is 76.4 Å². The Labute approximate surface area is 193 Å². The summed E-state index contributed by atoms with van der Waals surface area (Å²) in [5.41, 5.74) is 3.34. The van der Waals surface area contributed by atoms with Crippen LogP contribution < -0.4 is 10.7 Å². The second-order valence-electron chi connectivity index (χ2n) is 7.59. The molecule has 2 aromatic heterocycles. The van der Waals surface area contributed by atoms with Crippen molar-refractivity contribution in [1.29, 1.82) is 0 Å². The van der Waals surface area contributed by atoms with Gasteiger partial charge in [0.05, 0.1) is 11.1 Å². The van der Waals surface area contributed by atoms with E-state index in [1.807, 2.05) is 32.0 Å². The number of halogens is 1. The summed E-state index contributed by atoms with van der Waals surface area (Å²) in [5.74, 6) is -0.671. The zero-order valence-corrected chi connectivity index (χ0v) is 19.1. The van der Waals surface area contributed by atoms with Gasteiger partial charge in [-0.1, -0.05) is 33.6 Å². The Hall–Kier alpha value is -3.58. The third kappa shape index (κ3) is 4.38. The molecule has 0 atom stereocenters. The lowest BCUT2D eigenvalue weighted by Gasteiger charge is -2.15. The van der Waals surface area contributed by atoms with E-state index >= 15 is 0 Å². The number of hydrogen-bond acceptors (Lipinski definition) is 4. The van der Waals surface area contributed by atoms with E-state index < -0.39 is 5.78 Å². The van der Waals surface area contributed by atoms with Gasteiger partial charge < -0.3 is 9.88 Å². The van der Waals surface area contributed by atoms with Gasteiger partial charge in [-0.15, -0.1) is 0 Å². The molecule has 0 radical (unpaired) electrons. The minimum Gasteiger partial charge on any atom is -0.337 e. The van der Waals surface area contributed by atoms with Gasteiger partial charge in [-0.3, -0.25) is 19.4 Å². The first-order valence-electron chi connectivity index (χ1n) is 9.98. The lowest BCUT2D eigenvalue weighted by atomic mass is 10.0. The number of aromatic nitrogens is 2. The molecule has 1 amide bonds. The summed E-state index contributed by atoms with van der Waals surface area (Å²) in [6, 6.07) is 14.1. The molecule has 0 aliphatic carbocycles. The molecule has 6 nitrogen and oxygen atoms in total. The van der Waals surface area contributed by atoms with Gasteiger partial charge in [0.1, 0.15) is 6.54 Å². The number of anilines is 1. The van der Waals surface area contributed by atoms with Crippen LogP contribution in [0.25, 0.3) is 10.9 Å². The van der Waals surface area contributed by atoms with Crippen LogP contribution in [0.2, 0.25) is 0 Å². The average molecular weight is 490 g/mol. The Morgan fingerprint density at radius 3 is 2.50 bits per heavy atom. The Kier molecular flexibility index (Phi) is 6.01. The summed E-state index contributed by atoms with van der Waals surface area (Å²) in [7, 11) is 0. The van der Waals surface area contributed by atoms with Crippen molar-refractivity contribution in [2.45, 2.75) is 20.4 Å². The van der Waals surface area contributed by atoms with Crippen LogP contribution in [0.3, 0.4) is 0 Å². The highest BCUT2D eigenvalue weighted by Crippen LogP contribution is 2.20. The van der Waals surface area contributed by atoms with Crippen LogP contribution in [-0.4, -0.2) is 21.2 Å². The van der Waals surface area contributed by atoms with E-state index in [9.17, 15) is 14.4 Å². The van der Waals surface area contributed by atoms with E-state index in [0.717, 1.165) is 16.8 Å². The van der Waals surface area contributed by atoms with E-state index in [1.54, 1.807) is 34.9 Å². The van der Waals surface area contributed by atoms with E-state index in [4.69, 9.17) is 0 Å². The lowest BCUT2D eigenvalue weighted by molar-refractivity contribution is -0.116. The number of benzene rings is 2. The third-order valence-electron chi connectivity index (χ3n) is 5.20. The van der Waals surface area contributed by atoms with Crippen molar-refractivity contribution in [2.24, 2.45) is 0 Å². The van der Waals surface area contributed by atoms with Crippen molar-refractivity contribution < 1.29 is 9.59 Å². The maximum absolute atomic E-state index is 13.1. The van der Waals surface area contributed by atoms with Crippen LogP contribution in [0.1, 0.15) is 27.0 Å². The number of nitrogens with zero attached hydrogens (tertiary/aromatic N) is 2. The fourth-order valence-electron chi connectivity index (χ4n) is 3.62. The quantitative estimate of drug-likeness (QED) is 0.413. The first-order valence-corrected chi connectivity index (χ1v) is 10.8. The maximum atomic E-state index is 13.1. The molecule has 2 aromatic carbocycles. The van der Waals surface area contributed by atoms with E-state index in [-0.39, 0.29) is 23.4 Å². The first-order chi connectivity index (χ1) is 15.3. The van der Waals surface area contributed by atoms with Gasteiger partial charge in [-0.2, -0.15) is 0 Å². The first kappa shape index (κ1) is 21.6. The molecule has 160 valence electrons. The van der Waals surface area contributed by atoms with Crippen molar-refractivity contribution in [3.05, 3.63) is 104 Å². The number of amides is 1. The number of carbonyl (C=O) groups is 2. The number of hydrogen-bond donors (Lipinski definition) is 1. The summed E-state index contributed by atoms with van der Waals surface area (Å²) < 4.78 is 2.35. The van der Waals surface area contributed by atoms with E-state index in [2.05, 4.69) is 26.2 Å². The molecule has 0 spiro atoms. The molecule has 0 unspecified atom stereocenters. The highest BCUT2D eigenvalue weighted by atomic mass is 79.9. The minimum atomic E-state index is -0.414. The molecule has 0 saturated carbocycles. The van der Waals surface area contributed by atoms with Gasteiger partial charge in [-0.25, -0.2) is 0 Å². The largest absolute Gasteiger partial charge is 0.337 e. The summed E-state index contributed by atoms with van der Waals surface area (Å²) in [4.78, 5) is 43.0. The molecule has 0 aliphatic heterocycles. The molecule has 4 aromatic rings. The van der Waals surface area contributed by atoms with Crippen LogP contribution in [0, 0.1) is 13.8 Å². The lowest BCUT2D eigenvalue weighted by Crippen LogP contribution is -2.24. The van der Waals surface area contributed by atoms with Crippen LogP contribution in [0.5, 0.6) is 0 Å². The van der Waals surface area contributed by atoms with Crippen molar-refractivity contribution >= 4 is 44.2 Å². The van der Waals surface area contributed by atoms with Gasteiger partial charge in [0.25, 0.3) is 0 Å². The second kappa shape index (κ2) is 8.88. The van der Waals surface area contributed by atoms with Gasteiger partial charge in [-0.05, 0) is 55.8 Å². The van der Waals surface area contributed by atoms with Crippen LogP contribution in [0.4, 0.5) is 5.69 Å². The predicted octanol–water partition coefficient (Wildman–Crippen LogP) is 4.65. The number of fused-ring (bicyclic) bond motifs is 1. The number of pyridine rings is 2. The minimum absolute atomic E-state index is 0.00103. The number of aryl methyl sites for hydroxylation is 2. The van der Waals surface area contributed by atoms with Crippen LogP contribution in [-0.2, 0) is 11.3 Å². The third-order valence-corrected chi connectivity index (χ3v) is 5.69. The highest BCUT2D eigenvalue weighted by Gasteiger charge is 2.18. The van der Waals surface area contributed by atoms with E-state index in [0.29, 0.717) is 20.9 Å². The topological polar surface area (TPSA) is 81.1 Å². The fourth-order valence-corrected chi connectivity index (χ4v) is 3.98. The van der Waals surface area contributed by atoms with Crippen molar-refractivity contribution in [3.8, 4) is 0 Å². The summed E-state index contributed by atoms with van der Waals surface area (Å²) in [6.45, 7) is 3.87. The van der Waals surface area contributed by atoms with Crippen LogP contribution >= 0.6 is 15.9 Å². The van der Waals surface area contributed by atoms with Crippen molar-refractivity contribution in [3.63, 3.8) is 0 Å². The second-order valence-corrected chi connectivity index (χ2v) is 8.51. The molecule has 32 heavy (non-hydrogen) atoms. The highest BCUT2D eigenvalue weighted by molar-refractivity contribution is 9.10. The molecular weight excluding hydrogens is 470 g/mol. The zero-order chi connectivity index (χ0) is 22.8. The fraction of sp³-hybridized carbons (Fsp3) is 0.120.